The van der Waals surface area contributed by atoms with E-state index in [1.165, 1.54) is 36.4 Å². The third-order valence-corrected chi connectivity index (χ3v) is 4.60. The molecule has 0 unspecified atom stereocenters. The van der Waals surface area contributed by atoms with Crippen molar-refractivity contribution in [1.82, 2.24) is 10.2 Å². The summed E-state index contributed by atoms with van der Waals surface area (Å²) in [6, 6.07) is 8.29. The maximum absolute atomic E-state index is 11.6. The van der Waals surface area contributed by atoms with Crippen LogP contribution in [-0.2, 0) is 4.79 Å². The van der Waals surface area contributed by atoms with Crippen LogP contribution in [0.2, 0.25) is 0 Å². The molecule has 1 amide bonds. The molecule has 1 heterocycles. The van der Waals surface area contributed by atoms with Crippen LogP contribution in [0.5, 0.6) is 0 Å². The number of carbonyl (C=O) groups excluding carboxylic acids is 1. The monoisotopic (exact) mass is 350 g/mol. The number of nitrogens with one attached hydrogen (secondary N) is 1. The highest BCUT2D eigenvalue weighted by Crippen LogP contribution is 2.21. The summed E-state index contributed by atoms with van der Waals surface area (Å²) in [5, 5.41) is 3.22. The lowest BCUT2D eigenvalue weighted by Gasteiger charge is -2.16. The van der Waals surface area contributed by atoms with Crippen molar-refractivity contribution in [3.63, 3.8) is 0 Å². The van der Waals surface area contributed by atoms with Gasteiger partial charge in [-0.25, -0.2) is 0 Å². The van der Waals surface area contributed by atoms with Gasteiger partial charge in [-0.2, -0.15) is 0 Å². The molecule has 0 radical (unpaired) electrons. The van der Waals surface area contributed by atoms with Gasteiger partial charge < -0.3 is 10.2 Å². The second-order valence-corrected chi connectivity index (χ2v) is 6.71. The van der Waals surface area contributed by atoms with Gasteiger partial charge in [0.2, 0.25) is 5.91 Å². The van der Waals surface area contributed by atoms with Crippen LogP contribution in [0.15, 0.2) is 41.3 Å². The first-order chi connectivity index (χ1) is 11.5. The molecule has 4 heteroatoms. The Morgan fingerprint density at radius 1 is 1.25 bits per heavy atom. The molecule has 24 heavy (non-hydrogen) atoms. The Morgan fingerprint density at radius 3 is 2.29 bits per heavy atom. The summed E-state index contributed by atoms with van der Waals surface area (Å²) >= 11 is 1.78. The molecule has 0 aliphatic carbocycles. The predicted octanol–water partition coefficient (Wildman–Crippen LogP) is 4.52. The van der Waals surface area contributed by atoms with Gasteiger partial charge in [-0.15, -0.1) is 11.8 Å². The minimum Gasteiger partial charge on any atom is -0.341 e. The first kappa shape index (κ1) is 22.7. The van der Waals surface area contributed by atoms with Crippen molar-refractivity contribution >= 4 is 17.7 Å². The average Bonchev–Trinajstić information content (AvgIpc) is 3.17. The van der Waals surface area contributed by atoms with E-state index < -0.39 is 0 Å². The van der Waals surface area contributed by atoms with Gasteiger partial charge in [-0.1, -0.05) is 38.6 Å². The van der Waals surface area contributed by atoms with Gasteiger partial charge in [-0.3, -0.25) is 4.79 Å². The molecule has 0 aromatic heterocycles. The molecule has 0 atom stereocenters. The Balaban J connectivity index is 0.000000630. The summed E-state index contributed by atoms with van der Waals surface area (Å²) < 4.78 is 0. The number of carbonyl (C=O) groups is 1. The molecular weight excluding hydrogens is 316 g/mol. The first-order valence-electron chi connectivity index (χ1n) is 8.82. The quantitative estimate of drug-likeness (QED) is 0.626. The zero-order valence-electron chi connectivity index (χ0n) is 16.0. The van der Waals surface area contributed by atoms with E-state index in [1.807, 2.05) is 33.0 Å². The van der Waals surface area contributed by atoms with E-state index in [1.54, 1.807) is 23.6 Å². The van der Waals surface area contributed by atoms with Crippen molar-refractivity contribution in [2.24, 2.45) is 0 Å². The van der Waals surface area contributed by atoms with Crippen LogP contribution in [0.1, 0.15) is 39.2 Å². The molecule has 1 aliphatic heterocycles. The van der Waals surface area contributed by atoms with Crippen molar-refractivity contribution < 1.29 is 4.79 Å². The highest BCUT2D eigenvalue weighted by Gasteiger charge is 2.08. The van der Waals surface area contributed by atoms with E-state index in [0.29, 0.717) is 5.57 Å². The summed E-state index contributed by atoms with van der Waals surface area (Å²) in [6.45, 7) is 14.7. The van der Waals surface area contributed by atoms with E-state index in [9.17, 15) is 4.79 Å². The lowest BCUT2D eigenvalue weighted by molar-refractivity contribution is -0.125. The van der Waals surface area contributed by atoms with Gasteiger partial charge in [0.15, 0.2) is 0 Å². The molecule has 1 N–H and O–H groups in total. The molecule has 136 valence electrons. The highest BCUT2D eigenvalue weighted by atomic mass is 32.2. The van der Waals surface area contributed by atoms with Crippen LogP contribution in [0, 0.1) is 6.92 Å². The normalized spacial score (nSPS) is 12.4. The van der Waals surface area contributed by atoms with Crippen LogP contribution in [0.3, 0.4) is 0 Å². The maximum atomic E-state index is 11.6. The summed E-state index contributed by atoms with van der Waals surface area (Å²) in [6.07, 6.45) is 2.78. The second kappa shape index (κ2) is 14.1. The number of amides is 1. The maximum Gasteiger partial charge on any atom is 0.248 e. The zero-order chi connectivity index (χ0) is 18.4. The number of likely N-dealkylation sites (N-methyl/N-ethyl adjacent to an activating group) is 1. The minimum absolute atomic E-state index is 0.0235. The number of rotatable bonds is 5. The standard InChI is InChI=1S/C14H19NOS.C4H9N.C2H6/c1-11(2)14(16)15(4)9-10-17-13-8-6-5-7-12(13)3;1-2-4-5-3-1;1-2/h5-8H,1,9-10H2,2-4H3;5H,1-4H2;1-2H3. The zero-order valence-corrected chi connectivity index (χ0v) is 16.8. The van der Waals surface area contributed by atoms with Crippen molar-refractivity contribution in [2.75, 3.05) is 32.4 Å². The first-order valence-corrected chi connectivity index (χ1v) is 9.81. The largest absolute Gasteiger partial charge is 0.341 e. The van der Waals surface area contributed by atoms with Gasteiger partial charge in [-0.05, 0) is 51.4 Å². The summed E-state index contributed by atoms with van der Waals surface area (Å²) in [4.78, 5) is 14.6. The number of hydrogen-bond acceptors (Lipinski definition) is 3. The van der Waals surface area contributed by atoms with Crippen LogP contribution in [0.4, 0.5) is 0 Å². The average molecular weight is 351 g/mol. The van der Waals surface area contributed by atoms with E-state index in [4.69, 9.17) is 0 Å². The number of aryl methyl sites for hydroxylation is 1. The van der Waals surface area contributed by atoms with Crippen LogP contribution >= 0.6 is 11.8 Å². The van der Waals surface area contributed by atoms with Gasteiger partial charge in [0.05, 0.1) is 0 Å². The van der Waals surface area contributed by atoms with Crippen LogP contribution < -0.4 is 5.32 Å². The van der Waals surface area contributed by atoms with Crippen molar-refractivity contribution in [3.05, 3.63) is 42.0 Å². The minimum atomic E-state index is 0.0235. The molecule has 0 saturated carbocycles. The van der Waals surface area contributed by atoms with Gasteiger partial charge >= 0.3 is 0 Å². The molecule has 3 nitrogen and oxygen atoms in total. The molecule has 1 saturated heterocycles. The van der Waals surface area contributed by atoms with Crippen LogP contribution in [-0.4, -0.2) is 43.2 Å². The number of hydrogen-bond donors (Lipinski definition) is 1. The SMILES string of the molecule is C1CCNC1.C=C(C)C(=O)N(C)CCSc1ccccc1C.CC. The number of thioether (sulfide) groups is 1. The Labute approximate surface area is 152 Å². The summed E-state index contributed by atoms with van der Waals surface area (Å²) in [5.74, 6) is 0.927. The third-order valence-electron chi connectivity index (χ3n) is 3.45. The van der Waals surface area contributed by atoms with Gasteiger partial charge in [0.25, 0.3) is 0 Å². The van der Waals surface area contributed by atoms with Crippen LogP contribution in [0.25, 0.3) is 0 Å². The molecule has 2 rings (SSSR count). The Kier molecular flexibility index (Phi) is 13.4. The molecular formula is C20H34N2OS. The molecule has 1 aromatic rings. The third kappa shape index (κ3) is 9.78. The van der Waals surface area contributed by atoms with E-state index >= 15 is 0 Å². The smallest absolute Gasteiger partial charge is 0.248 e. The Hall–Kier alpha value is -1.26. The lowest BCUT2D eigenvalue weighted by Crippen LogP contribution is -2.29. The van der Waals surface area contributed by atoms with E-state index in [2.05, 4.69) is 31.0 Å². The van der Waals surface area contributed by atoms with Crippen molar-refractivity contribution in [2.45, 2.75) is 45.4 Å². The van der Waals surface area contributed by atoms with E-state index in [-0.39, 0.29) is 5.91 Å². The molecule has 1 aromatic carbocycles. The molecule has 1 aliphatic rings. The predicted molar refractivity (Wildman–Crippen MR) is 108 cm³/mol. The fourth-order valence-electron chi connectivity index (χ4n) is 2.06. The lowest BCUT2D eigenvalue weighted by atomic mass is 10.2. The summed E-state index contributed by atoms with van der Waals surface area (Å²) in [5.41, 5.74) is 1.87. The Bertz CT molecular complexity index is 477. The van der Waals surface area contributed by atoms with Gasteiger partial charge in [0.1, 0.15) is 0 Å². The molecule has 0 spiro atoms. The van der Waals surface area contributed by atoms with Gasteiger partial charge in [0, 0.05) is 29.8 Å². The summed E-state index contributed by atoms with van der Waals surface area (Å²) in [7, 11) is 1.81. The molecule has 0 bridgehead atoms. The highest BCUT2D eigenvalue weighted by molar-refractivity contribution is 7.99. The fraction of sp³-hybridized carbons (Fsp3) is 0.550. The molecule has 1 fully saturated rings. The van der Waals surface area contributed by atoms with E-state index in [0.717, 1.165) is 12.3 Å². The fourth-order valence-corrected chi connectivity index (χ4v) is 3.12. The number of nitrogens with zero attached hydrogens (tertiary/aromatic N) is 1. The topological polar surface area (TPSA) is 32.3 Å². The van der Waals surface area contributed by atoms with Crippen molar-refractivity contribution in [1.29, 1.82) is 0 Å². The van der Waals surface area contributed by atoms with Crippen molar-refractivity contribution in [3.8, 4) is 0 Å². The second-order valence-electron chi connectivity index (χ2n) is 5.58. The number of benzene rings is 1. The Morgan fingerprint density at radius 2 is 1.83 bits per heavy atom.